The number of carbonyl (C=O) groups excluding carboxylic acids is 2. The maximum atomic E-state index is 11.7. The SMILES string of the molecule is O=C(O)/C=C/C(=O)Nc1ccc(Sc2ccc(Oc3ccc(Sc4ccc(NC(=O)/C=C/C(=O)O)cc4)cc3)cc2)cc1. The van der Waals surface area contributed by atoms with E-state index in [-0.39, 0.29) is 0 Å². The van der Waals surface area contributed by atoms with Crippen LogP contribution in [-0.4, -0.2) is 34.0 Å². The van der Waals surface area contributed by atoms with E-state index in [4.69, 9.17) is 14.9 Å². The van der Waals surface area contributed by atoms with E-state index in [1.54, 1.807) is 47.8 Å². The summed E-state index contributed by atoms with van der Waals surface area (Å²) in [6.07, 6.45) is 3.48. The average molecular weight is 613 g/mol. The number of amides is 2. The molecule has 9 nitrogen and oxygen atoms in total. The van der Waals surface area contributed by atoms with Crippen LogP contribution in [0.25, 0.3) is 0 Å². The van der Waals surface area contributed by atoms with Crippen LogP contribution in [0.3, 0.4) is 0 Å². The Hall–Kier alpha value is -5.26. The van der Waals surface area contributed by atoms with Gasteiger partial charge in [0.2, 0.25) is 11.8 Å². The summed E-state index contributed by atoms with van der Waals surface area (Å²) in [5.41, 5.74) is 1.12. The van der Waals surface area contributed by atoms with Gasteiger partial charge < -0.3 is 25.6 Å². The van der Waals surface area contributed by atoms with Crippen molar-refractivity contribution >= 4 is 58.7 Å². The predicted octanol–water partition coefficient (Wildman–Crippen LogP) is 6.94. The Kier molecular flexibility index (Phi) is 10.8. The minimum absolute atomic E-state index is 0.517. The number of carboxylic acids is 2. The zero-order valence-electron chi connectivity index (χ0n) is 22.3. The molecule has 4 N–H and O–H groups in total. The average Bonchev–Trinajstić information content (AvgIpc) is 2.99. The summed E-state index contributed by atoms with van der Waals surface area (Å²) < 4.78 is 5.98. The van der Waals surface area contributed by atoms with Crippen LogP contribution in [0.2, 0.25) is 0 Å². The highest BCUT2D eigenvalue weighted by molar-refractivity contribution is 7.99. The van der Waals surface area contributed by atoms with Crippen LogP contribution in [0.5, 0.6) is 11.5 Å². The van der Waals surface area contributed by atoms with Crippen LogP contribution in [0, 0.1) is 0 Å². The smallest absolute Gasteiger partial charge is 0.328 e. The molecule has 0 aliphatic rings. The molecule has 0 spiro atoms. The topological polar surface area (TPSA) is 142 Å². The van der Waals surface area contributed by atoms with Crippen LogP contribution >= 0.6 is 23.5 Å². The molecule has 4 aromatic rings. The van der Waals surface area contributed by atoms with Crippen LogP contribution in [0.4, 0.5) is 11.4 Å². The van der Waals surface area contributed by atoms with Crippen LogP contribution < -0.4 is 15.4 Å². The molecule has 43 heavy (non-hydrogen) atoms. The molecule has 11 heteroatoms. The molecule has 2 amide bonds. The summed E-state index contributed by atoms with van der Waals surface area (Å²) >= 11 is 3.09. The van der Waals surface area contributed by atoms with E-state index < -0.39 is 23.8 Å². The normalized spacial score (nSPS) is 10.9. The lowest BCUT2D eigenvalue weighted by Gasteiger charge is -2.09. The van der Waals surface area contributed by atoms with E-state index in [0.29, 0.717) is 22.9 Å². The molecule has 0 fully saturated rings. The number of nitrogens with one attached hydrogen (secondary N) is 2. The van der Waals surface area contributed by atoms with Crippen molar-refractivity contribution in [3.63, 3.8) is 0 Å². The molecule has 0 unspecified atom stereocenters. The second-order valence-corrected chi connectivity index (χ2v) is 10.9. The van der Waals surface area contributed by atoms with Gasteiger partial charge in [-0.2, -0.15) is 0 Å². The molecule has 0 aromatic heterocycles. The number of anilines is 2. The third-order valence-corrected chi connectivity index (χ3v) is 7.38. The molecule has 0 radical (unpaired) electrons. The molecule has 4 rings (SSSR count). The zero-order valence-corrected chi connectivity index (χ0v) is 23.9. The number of benzene rings is 4. The van der Waals surface area contributed by atoms with E-state index in [9.17, 15) is 19.2 Å². The fourth-order valence-corrected chi connectivity index (χ4v) is 5.07. The van der Waals surface area contributed by atoms with Gasteiger partial charge in [0.25, 0.3) is 0 Å². The molecular formula is C32H24N2O7S2. The first kappa shape index (κ1) is 30.7. The van der Waals surface area contributed by atoms with Gasteiger partial charge in [0, 0.05) is 55.3 Å². The zero-order chi connectivity index (χ0) is 30.6. The number of aliphatic carboxylic acids is 2. The highest BCUT2D eigenvalue weighted by Crippen LogP contribution is 2.33. The number of carbonyl (C=O) groups is 4. The molecule has 0 saturated heterocycles. The maximum Gasteiger partial charge on any atom is 0.328 e. The van der Waals surface area contributed by atoms with Crippen molar-refractivity contribution in [2.45, 2.75) is 19.6 Å². The van der Waals surface area contributed by atoms with Crippen molar-refractivity contribution in [2.75, 3.05) is 10.6 Å². The summed E-state index contributed by atoms with van der Waals surface area (Å²) in [4.78, 5) is 48.4. The Bertz CT molecular complexity index is 1530. The lowest BCUT2D eigenvalue weighted by molar-refractivity contribution is -0.132. The van der Waals surface area contributed by atoms with Gasteiger partial charge >= 0.3 is 11.9 Å². The monoisotopic (exact) mass is 612 g/mol. The van der Waals surface area contributed by atoms with Gasteiger partial charge in [-0.3, -0.25) is 9.59 Å². The predicted molar refractivity (Wildman–Crippen MR) is 165 cm³/mol. The van der Waals surface area contributed by atoms with E-state index in [2.05, 4.69) is 10.6 Å². The van der Waals surface area contributed by atoms with Gasteiger partial charge in [0.1, 0.15) is 11.5 Å². The second-order valence-electron chi connectivity index (χ2n) is 8.62. The van der Waals surface area contributed by atoms with Gasteiger partial charge in [0.05, 0.1) is 0 Å². The molecule has 0 atom stereocenters. The Balaban J connectivity index is 1.25. The van der Waals surface area contributed by atoms with Crippen molar-refractivity contribution in [3.05, 3.63) is 121 Å². The number of hydrogen-bond acceptors (Lipinski definition) is 7. The lowest BCUT2D eigenvalue weighted by atomic mass is 10.3. The van der Waals surface area contributed by atoms with Crippen molar-refractivity contribution in [1.29, 1.82) is 0 Å². The van der Waals surface area contributed by atoms with Crippen LogP contribution in [0.1, 0.15) is 0 Å². The molecule has 0 heterocycles. The van der Waals surface area contributed by atoms with Crippen molar-refractivity contribution in [2.24, 2.45) is 0 Å². The summed E-state index contributed by atoms with van der Waals surface area (Å²) in [7, 11) is 0. The van der Waals surface area contributed by atoms with Crippen molar-refractivity contribution in [3.8, 4) is 11.5 Å². The van der Waals surface area contributed by atoms with Crippen LogP contribution in [-0.2, 0) is 19.2 Å². The largest absolute Gasteiger partial charge is 0.478 e. The van der Waals surface area contributed by atoms with Crippen LogP contribution in [0.15, 0.2) is 141 Å². The Labute approximate surface area is 255 Å². The van der Waals surface area contributed by atoms with Gasteiger partial charge in [0.15, 0.2) is 0 Å². The Morgan fingerprint density at radius 3 is 1.09 bits per heavy atom. The van der Waals surface area contributed by atoms with Gasteiger partial charge in [-0.25, -0.2) is 9.59 Å². The molecule has 0 aliphatic heterocycles. The third-order valence-electron chi connectivity index (χ3n) is 5.35. The summed E-state index contributed by atoms with van der Waals surface area (Å²) in [6, 6.07) is 29.7. The summed E-state index contributed by atoms with van der Waals surface area (Å²) in [6.45, 7) is 0. The molecule has 0 saturated carbocycles. The standard InChI is InChI=1S/C32H24N2O7S2/c35-29(17-19-31(37)38)33-21-1-9-25(10-2-21)42-27-13-5-23(6-14-27)41-24-7-15-28(16-8-24)43-26-11-3-22(4-12-26)34-30(36)18-20-32(39)40/h1-20H,(H,33,35)(H,34,36)(H,37,38)(H,39,40)/b19-17+,20-18+. The first-order valence-corrected chi connectivity index (χ1v) is 14.2. The highest BCUT2D eigenvalue weighted by Gasteiger charge is 2.05. The maximum absolute atomic E-state index is 11.7. The molecule has 0 bridgehead atoms. The quantitative estimate of drug-likeness (QED) is 0.125. The fourth-order valence-electron chi connectivity index (χ4n) is 3.43. The van der Waals surface area contributed by atoms with Gasteiger partial charge in [-0.05, 0) is 97.1 Å². The molecule has 0 aliphatic carbocycles. The molecular weight excluding hydrogens is 588 g/mol. The number of rotatable bonds is 12. The minimum Gasteiger partial charge on any atom is -0.478 e. The first-order valence-electron chi connectivity index (χ1n) is 12.6. The van der Waals surface area contributed by atoms with Gasteiger partial charge in [-0.15, -0.1) is 0 Å². The van der Waals surface area contributed by atoms with E-state index in [1.165, 1.54) is 0 Å². The third kappa shape index (κ3) is 10.6. The number of hydrogen-bond donors (Lipinski definition) is 4. The summed E-state index contributed by atoms with van der Waals surface area (Å²) in [5.74, 6) is -2.03. The van der Waals surface area contributed by atoms with Gasteiger partial charge in [-0.1, -0.05) is 23.5 Å². The van der Waals surface area contributed by atoms with E-state index >= 15 is 0 Å². The summed E-state index contributed by atoms with van der Waals surface area (Å²) in [5, 5.41) is 22.4. The van der Waals surface area contributed by atoms with E-state index in [1.807, 2.05) is 72.8 Å². The molecule has 4 aromatic carbocycles. The van der Waals surface area contributed by atoms with E-state index in [0.717, 1.165) is 43.9 Å². The Morgan fingerprint density at radius 2 is 0.791 bits per heavy atom. The number of carboxylic acid groups (broad SMARTS) is 2. The first-order chi connectivity index (χ1) is 20.7. The van der Waals surface area contributed by atoms with Crippen molar-refractivity contribution in [1.82, 2.24) is 0 Å². The lowest BCUT2D eigenvalue weighted by Crippen LogP contribution is -2.08. The highest BCUT2D eigenvalue weighted by atomic mass is 32.2. The minimum atomic E-state index is -1.19. The number of ether oxygens (including phenoxy) is 1. The second kappa shape index (κ2) is 15.1. The fraction of sp³-hybridized carbons (Fsp3) is 0. The molecule has 216 valence electrons. The Morgan fingerprint density at radius 1 is 0.488 bits per heavy atom. The van der Waals surface area contributed by atoms with Crippen molar-refractivity contribution < 1.29 is 34.1 Å².